The molecule has 0 bridgehead atoms. The standard InChI is InChI=1S/C13H18N2O5/c1-15(9-5-4-6-10(7-9)19-2)13(18)14-8-11(20-3)12(16)17/h4-7,11H,8H2,1-3H3,(H,14,18)(H,16,17). The van der Waals surface area contributed by atoms with Crippen molar-refractivity contribution in [2.75, 3.05) is 32.7 Å². The zero-order valence-corrected chi connectivity index (χ0v) is 11.6. The van der Waals surface area contributed by atoms with Gasteiger partial charge in [0.25, 0.3) is 0 Å². The number of rotatable bonds is 6. The fourth-order valence-corrected chi connectivity index (χ4v) is 1.51. The van der Waals surface area contributed by atoms with Crippen LogP contribution in [-0.4, -0.2) is 51.0 Å². The van der Waals surface area contributed by atoms with Crippen molar-refractivity contribution in [3.05, 3.63) is 24.3 Å². The summed E-state index contributed by atoms with van der Waals surface area (Å²) in [5.74, 6) is -0.501. The van der Waals surface area contributed by atoms with E-state index >= 15 is 0 Å². The Bertz CT molecular complexity index is 478. The molecular formula is C13H18N2O5. The predicted molar refractivity (Wildman–Crippen MR) is 73.2 cm³/mol. The van der Waals surface area contributed by atoms with Crippen LogP contribution >= 0.6 is 0 Å². The number of anilines is 1. The lowest BCUT2D eigenvalue weighted by molar-refractivity contribution is -0.147. The molecule has 2 amide bonds. The number of ether oxygens (including phenoxy) is 2. The number of nitrogens with one attached hydrogen (secondary N) is 1. The van der Waals surface area contributed by atoms with Crippen LogP contribution < -0.4 is 15.0 Å². The molecule has 1 aromatic rings. The topological polar surface area (TPSA) is 88.1 Å². The van der Waals surface area contributed by atoms with Crippen molar-refractivity contribution in [1.29, 1.82) is 0 Å². The van der Waals surface area contributed by atoms with Crippen LogP contribution in [-0.2, 0) is 9.53 Å². The predicted octanol–water partition coefficient (Wildman–Crippen LogP) is 0.941. The minimum Gasteiger partial charge on any atom is -0.497 e. The molecule has 0 aromatic heterocycles. The number of benzene rings is 1. The first-order valence-electron chi connectivity index (χ1n) is 5.90. The Morgan fingerprint density at radius 1 is 1.40 bits per heavy atom. The van der Waals surface area contributed by atoms with Crippen molar-refractivity contribution in [2.45, 2.75) is 6.10 Å². The second-order valence-corrected chi connectivity index (χ2v) is 4.01. The molecule has 1 atom stereocenters. The Balaban J connectivity index is 2.64. The summed E-state index contributed by atoms with van der Waals surface area (Å²) in [7, 11) is 4.39. The molecule has 0 fully saturated rings. The highest BCUT2D eigenvalue weighted by Crippen LogP contribution is 2.19. The van der Waals surface area contributed by atoms with E-state index in [4.69, 9.17) is 14.6 Å². The molecule has 7 heteroatoms. The van der Waals surface area contributed by atoms with E-state index in [1.54, 1.807) is 31.3 Å². The zero-order chi connectivity index (χ0) is 15.1. The summed E-state index contributed by atoms with van der Waals surface area (Å²) in [6.07, 6.45) is -1.07. The normalized spacial score (nSPS) is 11.6. The SMILES string of the molecule is COc1cccc(N(C)C(=O)NCC(OC)C(=O)O)c1. The van der Waals surface area contributed by atoms with Gasteiger partial charge in [0.2, 0.25) is 0 Å². The Kier molecular flexibility index (Phi) is 5.79. The molecule has 0 heterocycles. The Morgan fingerprint density at radius 2 is 2.10 bits per heavy atom. The molecule has 110 valence electrons. The lowest BCUT2D eigenvalue weighted by atomic mass is 10.3. The van der Waals surface area contributed by atoms with Crippen LogP contribution in [0.4, 0.5) is 10.5 Å². The van der Waals surface area contributed by atoms with E-state index in [1.807, 2.05) is 0 Å². The third-order valence-electron chi connectivity index (χ3n) is 2.74. The molecule has 1 rings (SSSR count). The number of nitrogens with zero attached hydrogens (tertiary/aromatic N) is 1. The van der Waals surface area contributed by atoms with Crippen molar-refractivity contribution in [3.8, 4) is 5.75 Å². The average Bonchev–Trinajstić information content (AvgIpc) is 2.46. The van der Waals surface area contributed by atoms with E-state index in [0.717, 1.165) is 0 Å². The third-order valence-corrected chi connectivity index (χ3v) is 2.74. The van der Waals surface area contributed by atoms with Crippen LogP contribution in [0.15, 0.2) is 24.3 Å². The zero-order valence-electron chi connectivity index (χ0n) is 11.6. The maximum atomic E-state index is 11.9. The molecule has 2 N–H and O–H groups in total. The van der Waals surface area contributed by atoms with Gasteiger partial charge in [0.15, 0.2) is 6.10 Å². The molecular weight excluding hydrogens is 264 g/mol. The van der Waals surface area contributed by atoms with Crippen LogP contribution in [0.1, 0.15) is 0 Å². The van der Waals surface area contributed by atoms with Crippen LogP contribution in [0.25, 0.3) is 0 Å². The highest BCUT2D eigenvalue weighted by molar-refractivity contribution is 5.91. The molecule has 0 aliphatic carbocycles. The minimum absolute atomic E-state index is 0.112. The number of carboxylic acids is 1. The van der Waals surface area contributed by atoms with Gasteiger partial charge < -0.3 is 19.9 Å². The Hall–Kier alpha value is -2.28. The van der Waals surface area contributed by atoms with Crippen LogP contribution in [0, 0.1) is 0 Å². The van der Waals surface area contributed by atoms with Gasteiger partial charge >= 0.3 is 12.0 Å². The number of urea groups is 1. The van der Waals surface area contributed by atoms with Crippen molar-refractivity contribution < 1.29 is 24.2 Å². The summed E-state index contributed by atoms with van der Waals surface area (Å²) in [6.45, 7) is -0.112. The maximum absolute atomic E-state index is 11.9. The number of methoxy groups -OCH3 is 2. The Morgan fingerprint density at radius 3 is 2.65 bits per heavy atom. The third kappa shape index (κ3) is 4.13. The molecule has 20 heavy (non-hydrogen) atoms. The second kappa shape index (κ2) is 7.34. The van der Waals surface area contributed by atoms with E-state index in [-0.39, 0.29) is 6.54 Å². The van der Waals surface area contributed by atoms with E-state index < -0.39 is 18.1 Å². The van der Waals surface area contributed by atoms with Gasteiger partial charge in [0, 0.05) is 25.9 Å². The summed E-state index contributed by atoms with van der Waals surface area (Å²) in [5, 5.41) is 11.3. The number of hydrogen-bond donors (Lipinski definition) is 2. The lowest BCUT2D eigenvalue weighted by Crippen LogP contribution is -2.43. The minimum atomic E-state index is -1.13. The smallest absolute Gasteiger partial charge is 0.334 e. The first-order valence-corrected chi connectivity index (χ1v) is 5.90. The van der Waals surface area contributed by atoms with Gasteiger partial charge in [0.1, 0.15) is 5.75 Å². The largest absolute Gasteiger partial charge is 0.497 e. The first kappa shape index (κ1) is 15.8. The van der Waals surface area contributed by atoms with Gasteiger partial charge in [0.05, 0.1) is 13.7 Å². The molecule has 1 unspecified atom stereocenters. The average molecular weight is 282 g/mol. The highest BCUT2D eigenvalue weighted by Gasteiger charge is 2.19. The number of aliphatic carboxylic acids is 1. The summed E-state index contributed by atoms with van der Waals surface area (Å²) < 4.78 is 9.81. The van der Waals surface area contributed by atoms with Gasteiger partial charge in [-0.2, -0.15) is 0 Å². The molecule has 0 saturated carbocycles. The lowest BCUT2D eigenvalue weighted by Gasteiger charge is -2.20. The van der Waals surface area contributed by atoms with E-state index in [2.05, 4.69) is 5.32 Å². The molecule has 0 spiro atoms. The summed E-state index contributed by atoms with van der Waals surface area (Å²) in [4.78, 5) is 24.0. The first-order chi connectivity index (χ1) is 9.49. The van der Waals surface area contributed by atoms with E-state index in [0.29, 0.717) is 11.4 Å². The van der Waals surface area contributed by atoms with E-state index in [1.165, 1.54) is 19.1 Å². The molecule has 0 radical (unpaired) electrons. The molecule has 0 saturated heterocycles. The Labute approximate surface area is 117 Å². The van der Waals surface area contributed by atoms with Gasteiger partial charge in [-0.25, -0.2) is 9.59 Å². The van der Waals surface area contributed by atoms with Crippen LogP contribution in [0.2, 0.25) is 0 Å². The number of carboxylic acid groups (broad SMARTS) is 1. The number of carbonyl (C=O) groups is 2. The fraction of sp³-hybridized carbons (Fsp3) is 0.385. The van der Waals surface area contributed by atoms with Gasteiger partial charge in [-0.05, 0) is 12.1 Å². The monoisotopic (exact) mass is 282 g/mol. The van der Waals surface area contributed by atoms with Gasteiger partial charge in [-0.1, -0.05) is 6.07 Å². The molecule has 0 aliphatic rings. The second-order valence-electron chi connectivity index (χ2n) is 4.01. The number of amides is 2. The van der Waals surface area contributed by atoms with Crippen LogP contribution in [0.5, 0.6) is 5.75 Å². The van der Waals surface area contributed by atoms with E-state index in [9.17, 15) is 9.59 Å². The number of hydrogen-bond acceptors (Lipinski definition) is 4. The van der Waals surface area contributed by atoms with Crippen molar-refractivity contribution in [3.63, 3.8) is 0 Å². The summed E-state index contributed by atoms with van der Waals surface area (Å²) in [6, 6.07) is 6.53. The summed E-state index contributed by atoms with van der Waals surface area (Å²) >= 11 is 0. The highest BCUT2D eigenvalue weighted by atomic mass is 16.5. The molecule has 1 aromatic carbocycles. The van der Waals surface area contributed by atoms with Crippen LogP contribution in [0.3, 0.4) is 0 Å². The maximum Gasteiger partial charge on any atom is 0.334 e. The van der Waals surface area contributed by atoms with Crippen molar-refractivity contribution in [1.82, 2.24) is 5.32 Å². The van der Waals surface area contributed by atoms with Gasteiger partial charge in [-0.3, -0.25) is 4.90 Å². The quantitative estimate of drug-likeness (QED) is 0.810. The van der Waals surface area contributed by atoms with Gasteiger partial charge in [-0.15, -0.1) is 0 Å². The molecule has 7 nitrogen and oxygen atoms in total. The van der Waals surface area contributed by atoms with Crippen molar-refractivity contribution in [2.24, 2.45) is 0 Å². The van der Waals surface area contributed by atoms with Crippen molar-refractivity contribution >= 4 is 17.7 Å². The fourth-order valence-electron chi connectivity index (χ4n) is 1.51. The number of carbonyl (C=O) groups excluding carboxylic acids is 1. The molecule has 0 aliphatic heterocycles. The summed E-state index contributed by atoms with van der Waals surface area (Å²) in [5.41, 5.74) is 0.631.